The number of furan rings is 1. The molecule has 1 heterocycles. The van der Waals surface area contributed by atoms with Crippen molar-refractivity contribution in [2.75, 3.05) is 6.54 Å². The van der Waals surface area contributed by atoms with Gasteiger partial charge in [0.25, 0.3) is 0 Å². The molecule has 0 aliphatic rings. The van der Waals surface area contributed by atoms with Gasteiger partial charge < -0.3 is 9.73 Å². The Bertz CT molecular complexity index is 531. The van der Waals surface area contributed by atoms with Crippen LogP contribution in [0.25, 0.3) is 0 Å². The predicted octanol–water partition coefficient (Wildman–Crippen LogP) is 5.20. The van der Waals surface area contributed by atoms with Crippen LogP contribution < -0.4 is 5.32 Å². The summed E-state index contributed by atoms with van der Waals surface area (Å²) in [5.41, 5.74) is 1.18. The van der Waals surface area contributed by atoms with Crippen molar-refractivity contribution in [1.29, 1.82) is 0 Å². The van der Waals surface area contributed by atoms with Gasteiger partial charge in [-0.2, -0.15) is 0 Å². The van der Waals surface area contributed by atoms with E-state index in [1.54, 1.807) is 0 Å². The average Bonchev–Trinajstić information content (AvgIpc) is 2.75. The Morgan fingerprint density at radius 2 is 1.84 bits per heavy atom. The van der Waals surface area contributed by atoms with E-state index < -0.39 is 0 Å². The van der Waals surface area contributed by atoms with Gasteiger partial charge in [0, 0.05) is 8.95 Å². The molecule has 1 aromatic carbocycles. The van der Waals surface area contributed by atoms with E-state index in [2.05, 4.69) is 56.2 Å². The molecule has 2 nitrogen and oxygen atoms in total. The summed E-state index contributed by atoms with van der Waals surface area (Å²) in [5, 5.41) is 3.53. The van der Waals surface area contributed by atoms with Crippen LogP contribution in [0.2, 0.25) is 0 Å². The standard InChI is InChI=1S/C15H17Br2NO/c1-3-6-18-15(14-5-4-10(2)19-14)11-7-12(16)9-13(17)8-11/h4-5,7-9,15,18H,3,6H2,1-2H3. The summed E-state index contributed by atoms with van der Waals surface area (Å²) in [5.74, 6) is 1.89. The molecule has 4 heteroatoms. The second-order valence-corrected chi connectivity index (χ2v) is 6.37. The van der Waals surface area contributed by atoms with Crippen molar-refractivity contribution in [3.63, 3.8) is 0 Å². The third-order valence-electron chi connectivity index (χ3n) is 2.86. The Kier molecular flexibility index (Phi) is 5.25. The lowest BCUT2D eigenvalue weighted by Gasteiger charge is -2.17. The lowest BCUT2D eigenvalue weighted by atomic mass is 10.0. The molecule has 1 atom stereocenters. The van der Waals surface area contributed by atoms with E-state index in [4.69, 9.17) is 4.42 Å². The lowest BCUT2D eigenvalue weighted by molar-refractivity contribution is 0.430. The lowest BCUT2D eigenvalue weighted by Crippen LogP contribution is -2.22. The summed E-state index contributed by atoms with van der Waals surface area (Å²) in [6, 6.07) is 10.4. The quantitative estimate of drug-likeness (QED) is 0.763. The fraction of sp³-hybridized carbons (Fsp3) is 0.333. The summed E-state index contributed by atoms with van der Waals surface area (Å²) in [7, 11) is 0. The molecule has 0 bridgehead atoms. The fourth-order valence-electron chi connectivity index (χ4n) is 2.02. The van der Waals surface area contributed by atoms with Crippen LogP contribution in [0.4, 0.5) is 0 Å². The Labute approximate surface area is 130 Å². The topological polar surface area (TPSA) is 25.2 Å². The summed E-state index contributed by atoms with van der Waals surface area (Å²) < 4.78 is 7.90. The highest BCUT2D eigenvalue weighted by atomic mass is 79.9. The monoisotopic (exact) mass is 385 g/mol. The molecular weight excluding hydrogens is 370 g/mol. The maximum Gasteiger partial charge on any atom is 0.125 e. The molecule has 2 aromatic rings. The van der Waals surface area contributed by atoms with Crippen molar-refractivity contribution in [3.05, 3.63) is 56.4 Å². The molecule has 0 fully saturated rings. The zero-order chi connectivity index (χ0) is 13.8. The van der Waals surface area contributed by atoms with Gasteiger partial charge >= 0.3 is 0 Å². The molecule has 0 amide bonds. The zero-order valence-electron chi connectivity index (χ0n) is 11.0. The molecule has 0 aliphatic carbocycles. The summed E-state index contributed by atoms with van der Waals surface area (Å²) in [6.07, 6.45) is 1.09. The first-order valence-electron chi connectivity index (χ1n) is 6.36. The minimum Gasteiger partial charge on any atom is -0.464 e. The summed E-state index contributed by atoms with van der Waals surface area (Å²) in [6.45, 7) is 5.08. The van der Waals surface area contributed by atoms with Crippen LogP contribution in [-0.2, 0) is 0 Å². The average molecular weight is 387 g/mol. The van der Waals surface area contributed by atoms with Gasteiger partial charge in [0.05, 0.1) is 6.04 Å². The Balaban J connectivity index is 2.36. The van der Waals surface area contributed by atoms with Crippen molar-refractivity contribution in [3.8, 4) is 0 Å². The smallest absolute Gasteiger partial charge is 0.125 e. The number of hydrogen-bond acceptors (Lipinski definition) is 2. The summed E-state index contributed by atoms with van der Waals surface area (Å²) in [4.78, 5) is 0. The molecule has 0 spiro atoms. The van der Waals surface area contributed by atoms with E-state index in [0.29, 0.717) is 0 Å². The van der Waals surface area contributed by atoms with Crippen LogP contribution in [0.1, 0.15) is 36.5 Å². The van der Waals surface area contributed by atoms with Crippen LogP contribution in [0.3, 0.4) is 0 Å². The van der Waals surface area contributed by atoms with Gasteiger partial charge in [-0.1, -0.05) is 38.8 Å². The fourth-order valence-corrected chi connectivity index (χ4v) is 3.35. The summed E-state index contributed by atoms with van der Waals surface area (Å²) >= 11 is 7.08. The minimum absolute atomic E-state index is 0.0856. The second kappa shape index (κ2) is 6.73. The Morgan fingerprint density at radius 1 is 1.16 bits per heavy atom. The molecule has 0 saturated carbocycles. The van der Waals surface area contributed by atoms with E-state index in [1.165, 1.54) is 5.56 Å². The van der Waals surface area contributed by atoms with Gasteiger partial charge in [-0.25, -0.2) is 0 Å². The molecule has 102 valence electrons. The Hall–Kier alpha value is -0.580. The van der Waals surface area contributed by atoms with Crippen molar-refractivity contribution >= 4 is 31.9 Å². The molecule has 0 saturated heterocycles. The third kappa shape index (κ3) is 3.94. The van der Waals surface area contributed by atoms with Crippen LogP contribution in [0, 0.1) is 6.92 Å². The first-order chi connectivity index (χ1) is 9.10. The van der Waals surface area contributed by atoms with Gasteiger partial charge in [0.2, 0.25) is 0 Å². The molecule has 0 radical (unpaired) electrons. The number of hydrogen-bond donors (Lipinski definition) is 1. The van der Waals surface area contributed by atoms with Gasteiger partial charge in [0.15, 0.2) is 0 Å². The molecule has 1 N–H and O–H groups in total. The van der Waals surface area contributed by atoms with Gasteiger partial charge in [-0.3, -0.25) is 0 Å². The maximum atomic E-state index is 5.78. The Morgan fingerprint density at radius 3 is 2.37 bits per heavy atom. The van der Waals surface area contributed by atoms with Crippen LogP contribution in [0.15, 0.2) is 43.7 Å². The highest BCUT2D eigenvalue weighted by molar-refractivity contribution is 9.11. The van der Waals surface area contributed by atoms with Crippen LogP contribution >= 0.6 is 31.9 Å². The maximum absolute atomic E-state index is 5.78. The van der Waals surface area contributed by atoms with Crippen LogP contribution in [-0.4, -0.2) is 6.54 Å². The zero-order valence-corrected chi connectivity index (χ0v) is 14.2. The molecular formula is C15H17Br2NO. The highest BCUT2D eigenvalue weighted by Crippen LogP contribution is 2.29. The molecule has 2 rings (SSSR count). The van der Waals surface area contributed by atoms with E-state index in [-0.39, 0.29) is 6.04 Å². The highest BCUT2D eigenvalue weighted by Gasteiger charge is 2.17. The number of aryl methyl sites for hydroxylation is 1. The van der Waals surface area contributed by atoms with E-state index >= 15 is 0 Å². The van der Waals surface area contributed by atoms with E-state index in [9.17, 15) is 0 Å². The van der Waals surface area contributed by atoms with Gasteiger partial charge in [-0.15, -0.1) is 0 Å². The first-order valence-corrected chi connectivity index (χ1v) is 7.94. The third-order valence-corrected chi connectivity index (χ3v) is 3.78. The second-order valence-electron chi connectivity index (χ2n) is 4.54. The van der Waals surface area contributed by atoms with Crippen molar-refractivity contribution in [2.45, 2.75) is 26.3 Å². The number of halogens is 2. The minimum atomic E-state index is 0.0856. The largest absolute Gasteiger partial charge is 0.464 e. The number of nitrogens with one attached hydrogen (secondary N) is 1. The van der Waals surface area contributed by atoms with E-state index in [0.717, 1.165) is 33.4 Å². The molecule has 0 aliphatic heterocycles. The van der Waals surface area contributed by atoms with Crippen LogP contribution in [0.5, 0.6) is 0 Å². The van der Waals surface area contributed by atoms with E-state index in [1.807, 2.05) is 25.1 Å². The van der Waals surface area contributed by atoms with Crippen molar-refractivity contribution in [2.24, 2.45) is 0 Å². The normalized spacial score (nSPS) is 12.6. The van der Waals surface area contributed by atoms with Gasteiger partial charge in [0.1, 0.15) is 11.5 Å². The molecule has 19 heavy (non-hydrogen) atoms. The molecule has 1 unspecified atom stereocenters. The number of benzene rings is 1. The van der Waals surface area contributed by atoms with Crippen molar-refractivity contribution < 1.29 is 4.42 Å². The first kappa shape index (κ1) is 14.8. The molecule has 1 aromatic heterocycles. The SMILES string of the molecule is CCCNC(c1cc(Br)cc(Br)c1)c1ccc(C)o1. The van der Waals surface area contributed by atoms with Crippen molar-refractivity contribution in [1.82, 2.24) is 5.32 Å². The predicted molar refractivity (Wildman–Crippen MR) is 85.4 cm³/mol. The number of rotatable bonds is 5. The van der Waals surface area contributed by atoms with Gasteiger partial charge in [-0.05, 0) is 55.8 Å².